The molecule has 6 nitrogen and oxygen atoms in total. The van der Waals surface area contributed by atoms with Crippen molar-refractivity contribution >= 4 is 17.2 Å². The summed E-state index contributed by atoms with van der Waals surface area (Å²) in [5, 5.41) is 13.6. The number of ether oxygens (including phenoxy) is 1. The van der Waals surface area contributed by atoms with Gasteiger partial charge in [-0.15, -0.1) is 0 Å². The van der Waals surface area contributed by atoms with Gasteiger partial charge in [-0.1, -0.05) is 0 Å². The zero-order valence-electron chi connectivity index (χ0n) is 10.9. The Morgan fingerprint density at radius 3 is 2.70 bits per heavy atom. The van der Waals surface area contributed by atoms with Crippen molar-refractivity contribution < 1.29 is 14.1 Å². The molecular weight excluding hydrogens is 265 g/mol. The Balaban J connectivity index is 2.28. The van der Waals surface area contributed by atoms with Crippen LogP contribution in [0.5, 0.6) is 5.75 Å². The Kier molecular flexibility index (Phi) is 3.79. The summed E-state index contributed by atoms with van der Waals surface area (Å²) in [5.74, 6) is 0.303. The molecule has 0 amide bonds. The number of methoxy groups -OCH3 is 1. The summed E-state index contributed by atoms with van der Waals surface area (Å²) in [6, 6.07) is 5.65. The largest absolute Gasteiger partial charge is 0.497 e. The van der Waals surface area contributed by atoms with Crippen LogP contribution >= 0.6 is 0 Å². The molecule has 2 aromatic rings. The van der Waals surface area contributed by atoms with Crippen molar-refractivity contribution in [2.24, 2.45) is 0 Å². The van der Waals surface area contributed by atoms with Crippen molar-refractivity contribution in [3.63, 3.8) is 0 Å². The Bertz CT molecular complexity index is 661. The molecule has 0 fully saturated rings. The maximum Gasteiger partial charge on any atom is 0.290 e. The predicted molar refractivity (Wildman–Crippen MR) is 71.9 cm³/mol. The molecule has 1 N–H and O–H groups in total. The lowest BCUT2D eigenvalue weighted by molar-refractivity contribution is -0.385. The highest BCUT2D eigenvalue weighted by Gasteiger charge is 2.11. The molecule has 0 radical (unpaired) electrons. The molecule has 0 spiro atoms. The number of nitrogens with zero attached hydrogens (tertiary/aromatic N) is 2. The highest BCUT2D eigenvalue weighted by atomic mass is 19.1. The molecule has 0 bridgehead atoms. The number of anilines is 2. The number of hydrogen-bond donors (Lipinski definition) is 1. The molecule has 0 saturated carbocycles. The second kappa shape index (κ2) is 5.52. The monoisotopic (exact) mass is 277 g/mol. The smallest absolute Gasteiger partial charge is 0.290 e. The van der Waals surface area contributed by atoms with Crippen LogP contribution in [0.3, 0.4) is 0 Å². The van der Waals surface area contributed by atoms with Crippen LogP contribution in [0.2, 0.25) is 0 Å². The first-order chi connectivity index (χ1) is 9.49. The lowest BCUT2D eigenvalue weighted by atomic mass is 10.2. The van der Waals surface area contributed by atoms with Crippen LogP contribution in [-0.2, 0) is 0 Å². The molecule has 7 heteroatoms. The molecule has 0 unspecified atom stereocenters. The van der Waals surface area contributed by atoms with Crippen LogP contribution in [0.15, 0.2) is 30.5 Å². The van der Waals surface area contributed by atoms with E-state index in [1.807, 2.05) is 0 Å². The molecular formula is C13H12FN3O3. The summed E-state index contributed by atoms with van der Waals surface area (Å²) < 4.78 is 18.3. The van der Waals surface area contributed by atoms with Gasteiger partial charge in [-0.3, -0.25) is 10.1 Å². The fraction of sp³-hybridized carbons (Fsp3) is 0.154. The van der Waals surface area contributed by atoms with Gasteiger partial charge in [0.15, 0.2) is 0 Å². The van der Waals surface area contributed by atoms with Gasteiger partial charge in [0.05, 0.1) is 12.0 Å². The molecule has 0 aliphatic heterocycles. The molecule has 1 aromatic heterocycles. The average molecular weight is 277 g/mol. The maximum atomic E-state index is 13.3. The quantitative estimate of drug-likeness (QED) is 0.686. The van der Waals surface area contributed by atoms with Crippen LogP contribution in [0.1, 0.15) is 5.56 Å². The normalized spacial score (nSPS) is 10.2. The first kappa shape index (κ1) is 13.7. The minimum atomic E-state index is -0.503. The summed E-state index contributed by atoms with van der Waals surface area (Å²) in [4.78, 5) is 14.1. The van der Waals surface area contributed by atoms with Gasteiger partial charge in [0.25, 0.3) is 5.69 Å². The van der Waals surface area contributed by atoms with Gasteiger partial charge in [-0.2, -0.15) is 0 Å². The van der Waals surface area contributed by atoms with Crippen LogP contribution in [0.25, 0.3) is 0 Å². The van der Waals surface area contributed by atoms with Gasteiger partial charge in [0.1, 0.15) is 23.6 Å². The first-order valence-electron chi connectivity index (χ1n) is 5.72. The zero-order chi connectivity index (χ0) is 14.7. The second-order valence-corrected chi connectivity index (χ2v) is 4.12. The summed E-state index contributed by atoms with van der Waals surface area (Å²) in [5.41, 5.74) is 0.853. The Morgan fingerprint density at radius 2 is 2.10 bits per heavy atom. The summed E-state index contributed by atoms with van der Waals surface area (Å²) in [7, 11) is 1.44. The van der Waals surface area contributed by atoms with Gasteiger partial charge < -0.3 is 10.1 Å². The average Bonchev–Trinajstić information content (AvgIpc) is 2.37. The molecule has 2 rings (SSSR count). The number of benzene rings is 1. The third-order valence-electron chi connectivity index (χ3n) is 2.66. The van der Waals surface area contributed by atoms with E-state index in [2.05, 4.69) is 10.3 Å². The Hall–Kier alpha value is -2.70. The van der Waals surface area contributed by atoms with E-state index in [1.54, 1.807) is 13.0 Å². The Morgan fingerprint density at radius 1 is 1.35 bits per heavy atom. The van der Waals surface area contributed by atoms with Crippen LogP contribution in [-0.4, -0.2) is 17.0 Å². The highest BCUT2D eigenvalue weighted by molar-refractivity contribution is 5.60. The number of pyridine rings is 1. The van der Waals surface area contributed by atoms with E-state index in [1.165, 1.54) is 25.3 Å². The third kappa shape index (κ3) is 3.00. The molecule has 0 atom stereocenters. The minimum absolute atomic E-state index is 0.0626. The molecule has 0 aliphatic rings. The van der Waals surface area contributed by atoms with Gasteiger partial charge in [0.2, 0.25) is 0 Å². The third-order valence-corrected chi connectivity index (χ3v) is 2.66. The molecule has 1 aromatic carbocycles. The van der Waals surface area contributed by atoms with E-state index in [4.69, 9.17) is 4.74 Å². The fourth-order valence-corrected chi connectivity index (χ4v) is 1.71. The first-order valence-corrected chi connectivity index (χ1v) is 5.72. The standard InChI is InChI=1S/C13H12FN3O3/c1-8-3-13(15-7-12(8)17(18)19)16-10-4-9(14)5-11(6-10)20-2/h3-7H,1-2H3,(H,15,16). The maximum absolute atomic E-state index is 13.3. The summed E-state index contributed by atoms with van der Waals surface area (Å²) in [6.07, 6.45) is 1.16. The van der Waals surface area contributed by atoms with Crippen LogP contribution in [0.4, 0.5) is 21.6 Å². The number of aromatic nitrogens is 1. The molecule has 104 valence electrons. The van der Waals surface area contributed by atoms with Crippen molar-refractivity contribution in [2.75, 3.05) is 12.4 Å². The molecule has 0 aliphatic carbocycles. The van der Waals surface area contributed by atoms with Crippen LogP contribution in [0, 0.1) is 22.9 Å². The van der Waals surface area contributed by atoms with Gasteiger partial charge in [0, 0.05) is 23.4 Å². The number of hydrogen-bond acceptors (Lipinski definition) is 5. The molecule has 20 heavy (non-hydrogen) atoms. The summed E-state index contributed by atoms with van der Waals surface area (Å²) >= 11 is 0. The number of nitrogens with one attached hydrogen (secondary N) is 1. The lowest BCUT2D eigenvalue weighted by Gasteiger charge is -2.08. The number of aryl methyl sites for hydroxylation is 1. The molecule has 0 saturated heterocycles. The van der Waals surface area contributed by atoms with E-state index in [-0.39, 0.29) is 5.69 Å². The van der Waals surface area contributed by atoms with Crippen molar-refractivity contribution in [2.45, 2.75) is 6.92 Å². The van der Waals surface area contributed by atoms with Crippen molar-refractivity contribution in [3.05, 3.63) is 52.0 Å². The topological polar surface area (TPSA) is 77.3 Å². The predicted octanol–water partition coefficient (Wildman–Crippen LogP) is 3.19. The van der Waals surface area contributed by atoms with Gasteiger partial charge in [-0.25, -0.2) is 9.37 Å². The van der Waals surface area contributed by atoms with E-state index in [0.717, 1.165) is 6.20 Å². The second-order valence-electron chi connectivity index (χ2n) is 4.12. The number of nitro groups is 1. The van der Waals surface area contributed by atoms with E-state index >= 15 is 0 Å². The van der Waals surface area contributed by atoms with Crippen molar-refractivity contribution in [1.82, 2.24) is 4.98 Å². The van der Waals surface area contributed by atoms with E-state index in [9.17, 15) is 14.5 Å². The fourth-order valence-electron chi connectivity index (χ4n) is 1.71. The van der Waals surface area contributed by atoms with E-state index in [0.29, 0.717) is 22.8 Å². The van der Waals surface area contributed by atoms with Gasteiger partial charge in [-0.05, 0) is 19.1 Å². The number of rotatable bonds is 4. The Labute approximate surface area is 114 Å². The molecule has 1 heterocycles. The minimum Gasteiger partial charge on any atom is -0.497 e. The van der Waals surface area contributed by atoms with Crippen molar-refractivity contribution in [3.8, 4) is 5.75 Å². The summed E-state index contributed by atoms with van der Waals surface area (Å²) in [6.45, 7) is 1.61. The highest BCUT2D eigenvalue weighted by Crippen LogP contribution is 2.25. The zero-order valence-corrected chi connectivity index (χ0v) is 10.9. The number of halogens is 1. The van der Waals surface area contributed by atoms with Crippen molar-refractivity contribution in [1.29, 1.82) is 0 Å². The SMILES string of the molecule is COc1cc(F)cc(Nc2cc(C)c([N+](=O)[O-])cn2)c1. The van der Waals surface area contributed by atoms with E-state index < -0.39 is 10.7 Å². The van der Waals surface area contributed by atoms with Crippen LogP contribution < -0.4 is 10.1 Å². The van der Waals surface area contributed by atoms with Gasteiger partial charge >= 0.3 is 0 Å². The lowest BCUT2D eigenvalue weighted by Crippen LogP contribution is -1.98.